The van der Waals surface area contributed by atoms with E-state index < -0.39 is 18.5 Å². The first-order chi connectivity index (χ1) is 14.0. The summed E-state index contributed by atoms with van der Waals surface area (Å²) in [6, 6.07) is 13.0. The van der Waals surface area contributed by atoms with E-state index in [9.17, 15) is 19.2 Å². The van der Waals surface area contributed by atoms with Crippen molar-refractivity contribution in [3.63, 3.8) is 0 Å². The van der Waals surface area contributed by atoms with Crippen molar-refractivity contribution in [1.29, 1.82) is 0 Å². The summed E-state index contributed by atoms with van der Waals surface area (Å²) >= 11 is 0. The highest BCUT2D eigenvalue weighted by molar-refractivity contribution is 5.96. The molecule has 2 amide bonds. The largest absolute Gasteiger partial charge is 0.454 e. The third kappa shape index (κ3) is 4.83. The number of carbonyl (C=O) groups is 3. The minimum atomic E-state index is -0.741. The van der Waals surface area contributed by atoms with E-state index in [0.717, 1.165) is 4.57 Å². The fourth-order valence-corrected chi connectivity index (χ4v) is 2.60. The molecular weight excluding hydrogens is 376 g/mol. The zero-order chi connectivity index (χ0) is 20.8. The normalized spacial score (nSPS) is 10.4. The third-order valence-electron chi connectivity index (χ3n) is 4.05. The third-order valence-corrected chi connectivity index (χ3v) is 4.05. The van der Waals surface area contributed by atoms with Crippen LogP contribution in [0.25, 0.3) is 10.9 Å². The van der Waals surface area contributed by atoms with Crippen LogP contribution in [0, 0.1) is 0 Å². The number of amides is 2. The minimum Gasteiger partial charge on any atom is -0.454 e. The van der Waals surface area contributed by atoms with Crippen LogP contribution < -0.4 is 16.2 Å². The second-order valence-electron chi connectivity index (χ2n) is 6.06. The molecule has 0 bridgehead atoms. The molecule has 0 aliphatic heterocycles. The number of nitrogens with one attached hydrogen (secondary N) is 2. The molecule has 1 aromatic heterocycles. The summed E-state index contributed by atoms with van der Waals surface area (Å²) in [5.41, 5.74) is 1.07. The van der Waals surface area contributed by atoms with E-state index in [1.165, 1.54) is 13.4 Å². The smallest absolute Gasteiger partial charge is 0.326 e. The van der Waals surface area contributed by atoms with Crippen LogP contribution in [-0.2, 0) is 20.9 Å². The summed E-state index contributed by atoms with van der Waals surface area (Å²) in [4.78, 5) is 51.9. The van der Waals surface area contributed by atoms with E-state index >= 15 is 0 Å². The molecule has 2 N–H and O–H groups in total. The van der Waals surface area contributed by atoms with Gasteiger partial charge in [0.15, 0.2) is 6.61 Å². The van der Waals surface area contributed by atoms with Gasteiger partial charge in [-0.05, 0) is 36.4 Å². The van der Waals surface area contributed by atoms with Gasteiger partial charge in [-0.2, -0.15) is 0 Å². The highest BCUT2D eigenvalue weighted by Gasteiger charge is 2.12. The Bertz CT molecular complexity index is 1120. The van der Waals surface area contributed by atoms with Crippen molar-refractivity contribution in [3.05, 3.63) is 70.8 Å². The fourth-order valence-electron chi connectivity index (χ4n) is 2.60. The first-order valence-corrected chi connectivity index (χ1v) is 8.69. The maximum atomic E-state index is 12.3. The molecule has 0 saturated carbocycles. The molecule has 9 heteroatoms. The number of para-hydroxylation sites is 1. The molecule has 0 aliphatic carbocycles. The maximum absolute atomic E-state index is 12.3. The average molecular weight is 394 g/mol. The Kier molecular flexibility index (Phi) is 5.98. The van der Waals surface area contributed by atoms with Crippen molar-refractivity contribution in [2.45, 2.75) is 6.54 Å². The molecule has 0 spiro atoms. The molecule has 3 aromatic rings. The molecule has 0 unspecified atom stereocenters. The van der Waals surface area contributed by atoms with Crippen molar-refractivity contribution in [1.82, 2.24) is 14.9 Å². The number of benzene rings is 2. The quantitative estimate of drug-likeness (QED) is 0.601. The van der Waals surface area contributed by atoms with E-state index in [0.29, 0.717) is 22.2 Å². The second-order valence-corrected chi connectivity index (χ2v) is 6.06. The number of aromatic nitrogens is 2. The highest BCUT2D eigenvalue weighted by atomic mass is 16.5. The summed E-state index contributed by atoms with van der Waals surface area (Å²) in [5, 5.41) is 5.44. The zero-order valence-electron chi connectivity index (χ0n) is 15.5. The number of carbonyl (C=O) groups excluding carboxylic acids is 3. The number of hydrogen-bond acceptors (Lipinski definition) is 6. The van der Waals surface area contributed by atoms with E-state index in [1.54, 1.807) is 48.5 Å². The molecule has 0 aliphatic rings. The van der Waals surface area contributed by atoms with Gasteiger partial charge < -0.3 is 15.4 Å². The van der Waals surface area contributed by atoms with Crippen LogP contribution in [0.4, 0.5) is 5.69 Å². The van der Waals surface area contributed by atoms with Gasteiger partial charge in [0.2, 0.25) is 0 Å². The van der Waals surface area contributed by atoms with E-state index in [1.807, 2.05) is 0 Å². The molecule has 0 radical (unpaired) electrons. The van der Waals surface area contributed by atoms with Crippen LogP contribution in [0.2, 0.25) is 0 Å². The summed E-state index contributed by atoms with van der Waals surface area (Å²) in [5.74, 6) is -1.53. The predicted molar refractivity (Wildman–Crippen MR) is 105 cm³/mol. The molecule has 0 atom stereocenters. The van der Waals surface area contributed by atoms with Crippen LogP contribution in [0.15, 0.2) is 59.7 Å². The second kappa shape index (κ2) is 8.79. The maximum Gasteiger partial charge on any atom is 0.326 e. The molecule has 3 rings (SSSR count). The standard InChI is InChI=1S/C20H18N4O5/c1-21-19(27)13-6-8-14(9-7-13)23-17(25)11-29-18(26)10-24-12-22-16-5-3-2-4-15(16)20(24)28/h2-9,12H,10-11H2,1H3,(H,21,27)(H,23,25). The van der Waals surface area contributed by atoms with Gasteiger partial charge in [-0.1, -0.05) is 12.1 Å². The zero-order valence-corrected chi connectivity index (χ0v) is 15.5. The lowest BCUT2D eigenvalue weighted by molar-refractivity contribution is -0.147. The summed E-state index contributed by atoms with van der Waals surface area (Å²) in [6.07, 6.45) is 1.26. The number of fused-ring (bicyclic) bond motifs is 1. The number of hydrogen-bond donors (Lipinski definition) is 2. The van der Waals surface area contributed by atoms with Gasteiger partial charge in [0, 0.05) is 18.3 Å². The number of anilines is 1. The molecule has 29 heavy (non-hydrogen) atoms. The molecule has 0 fully saturated rings. The molecule has 148 valence electrons. The Balaban J connectivity index is 1.54. The Hall–Kier alpha value is -4.01. The predicted octanol–water partition coefficient (Wildman–Crippen LogP) is 0.938. The van der Waals surface area contributed by atoms with Crippen LogP contribution in [0.3, 0.4) is 0 Å². The van der Waals surface area contributed by atoms with Crippen molar-refractivity contribution in [3.8, 4) is 0 Å². The van der Waals surface area contributed by atoms with E-state index in [2.05, 4.69) is 15.6 Å². The molecule has 1 heterocycles. The first-order valence-electron chi connectivity index (χ1n) is 8.69. The summed E-state index contributed by atoms with van der Waals surface area (Å²) in [7, 11) is 1.52. The van der Waals surface area contributed by atoms with Gasteiger partial charge in [0.1, 0.15) is 6.54 Å². The minimum absolute atomic E-state index is 0.241. The van der Waals surface area contributed by atoms with Gasteiger partial charge in [0.25, 0.3) is 17.4 Å². The lowest BCUT2D eigenvalue weighted by Crippen LogP contribution is -2.28. The SMILES string of the molecule is CNC(=O)c1ccc(NC(=O)COC(=O)Cn2cnc3ccccc3c2=O)cc1. The van der Waals surface area contributed by atoms with Gasteiger partial charge in [-0.15, -0.1) is 0 Å². The van der Waals surface area contributed by atoms with Crippen molar-refractivity contribution in [2.24, 2.45) is 0 Å². The lowest BCUT2D eigenvalue weighted by atomic mass is 10.2. The fraction of sp³-hybridized carbons (Fsp3) is 0.150. The number of nitrogens with zero attached hydrogens (tertiary/aromatic N) is 2. The van der Waals surface area contributed by atoms with Crippen molar-refractivity contribution in [2.75, 3.05) is 19.0 Å². The van der Waals surface area contributed by atoms with Gasteiger partial charge >= 0.3 is 5.97 Å². The summed E-state index contributed by atoms with van der Waals surface area (Å²) < 4.78 is 6.05. The molecular formula is C20H18N4O5. The Morgan fingerprint density at radius 3 is 2.52 bits per heavy atom. The van der Waals surface area contributed by atoms with E-state index in [4.69, 9.17) is 4.74 Å². The highest BCUT2D eigenvalue weighted by Crippen LogP contribution is 2.09. The first kappa shape index (κ1) is 19.7. The van der Waals surface area contributed by atoms with Crippen LogP contribution in [0.5, 0.6) is 0 Å². The van der Waals surface area contributed by atoms with Crippen molar-refractivity contribution >= 4 is 34.4 Å². The number of esters is 1. The monoisotopic (exact) mass is 394 g/mol. The van der Waals surface area contributed by atoms with Gasteiger partial charge in [0.05, 0.1) is 17.2 Å². The van der Waals surface area contributed by atoms with Gasteiger partial charge in [-0.25, -0.2) is 4.98 Å². The molecule has 9 nitrogen and oxygen atoms in total. The Labute approximate surface area is 165 Å². The Morgan fingerprint density at radius 1 is 1.07 bits per heavy atom. The summed E-state index contributed by atoms with van der Waals surface area (Å²) in [6.45, 7) is -0.865. The van der Waals surface area contributed by atoms with Crippen molar-refractivity contribution < 1.29 is 19.1 Å². The average Bonchev–Trinajstić information content (AvgIpc) is 2.74. The number of ether oxygens (including phenoxy) is 1. The molecule has 0 saturated heterocycles. The van der Waals surface area contributed by atoms with Crippen LogP contribution in [0.1, 0.15) is 10.4 Å². The Morgan fingerprint density at radius 2 is 1.79 bits per heavy atom. The van der Waals surface area contributed by atoms with E-state index in [-0.39, 0.29) is 18.0 Å². The lowest BCUT2D eigenvalue weighted by Gasteiger charge is -2.09. The number of rotatable bonds is 6. The van der Waals surface area contributed by atoms with Crippen LogP contribution in [-0.4, -0.2) is 41.0 Å². The molecule has 2 aromatic carbocycles. The van der Waals surface area contributed by atoms with Gasteiger partial charge in [-0.3, -0.25) is 23.7 Å². The topological polar surface area (TPSA) is 119 Å². The van der Waals surface area contributed by atoms with Crippen LogP contribution >= 0.6 is 0 Å².